The highest BCUT2D eigenvalue weighted by Gasteiger charge is 2.46. The van der Waals surface area contributed by atoms with Gasteiger partial charge in [0, 0.05) is 99.8 Å². The molecule has 3 atom stereocenters. The van der Waals surface area contributed by atoms with Crippen LogP contribution in [-0.4, -0.2) is 168 Å². The molecule has 5 aliphatic rings. The third-order valence-corrected chi connectivity index (χ3v) is 29.8. The number of fused-ring (bicyclic) bond motifs is 4. The number of methoxy groups -OCH3 is 2. The molecule has 7 aromatic rings. The fourth-order valence-corrected chi connectivity index (χ4v) is 22.4. The molecule has 106 heavy (non-hydrogen) atoms. The van der Waals surface area contributed by atoms with Gasteiger partial charge in [-0.3, -0.25) is 4.90 Å². The van der Waals surface area contributed by atoms with E-state index in [1.54, 1.807) is 20.3 Å². The van der Waals surface area contributed by atoms with Gasteiger partial charge in [-0.1, -0.05) is 189 Å². The zero-order chi connectivity index (χ0) is 76.5. The smallest absolute Gasteiger partial charge is 0.203 e. The Bertz CT molecular complexity index is 5440. The number of likely N-dealkylation sites (N-methyl/N-ethyl adjacent to an activating group) is 2. The maximum atomic E-state index is 13.1. The number of benzene rings is 7. The van der Waals surface area contributed by atoms with Gasteiger partial charge in [-0.25, -0.2) is 21.4 Å². The van der Waals surface area contributed by atoms with E-state index in [1.807, 2.05) is 205 Å². The molecule has 0 fully saturated rings. The molecule has 1 N–H and O–H groups in total. The Morgan fingerprint density at radius 3 is 1.59 bits per heavy atom. The molecule has 0 saturated heterocycles. The van der Waals surface area contributed by atoms with E-state index in [0.29, 0.717) is 21.6 Å². The van der Waals surface area contributed by atoms with Crippen LogP contribution in [0.3, 0.4) is 0 Å². The van der Waals surface area contributed by atoms with Crippen molar-refractivity contribution >= 4 is 123 Å². The Balaban J connectivity index is 0.000000212. The fraction of sp³-hybridized carbons (Fsp3) is 0.239. The van der Waals surface area contributed by atoms with Crippen LogP contribution >= 0.6 is 0 Å². The predicted octanol–water partition coefficient (Wildman–Crippen LogP) is 9.50. The van der Waals surface area contributed by atoms with Crippen LogP contribution in [0.25, 0.3) is 53.7 Å². The lowest BCUT2D eigenvalue weighted by molar-refractivity contribution is -0.871. The van der Waals surface area contributed by atoms with Gasteiger partial charge in [0.2, 0.25) is 5.71 Å². The van der Waals surface area contributed by atoms with Gasteiger partial charge in [0.05, 0.1) is 44.2 Å². The van der Waals surface area contributed by atoms with E-state index >= 15 is 0 Å². The van der Waals surface area contributed by atoms with Crippen LogP contribution in [0.4, 0.5) is 17.1 Å². The maximum absolute atomic E-state index is 13.1. The second-order valence-corrected chi connectivity index (χ2v) is 41.3. The molecular weight excluding hydrogens is 1390 g/mol. The average molecular weight is 1490 g/mol. The number of nitrogens with one attached hydrogen (secondary N) is 1. The molecule has 0 spiro atoms. The summed E-state index contributed by atoms with van der Waals surface area (Å²) >= 11 is 0. The first kappa shape index (κ1) is 77.4. The molecule has 7 aromatic carbocycles. The standard InChI is InChI=1S/C44H51N3O4SSi.C44H47N3O4SSi/c2*1-45(2)34-20-19-33(40(27-34)51-7)18-16-31-12-10-30(11-13-31)14-15-32-17-23-37(41(26-32)52(48,49)50)44-38-24-21-35(46(3)4)28-42(38)53(8,9)43-29-36(47(5)6)22-25-39(43)44/h10-29,35-36,38H,1-9H3,(H,48,49,50);10-29H,1-9H3/b15-14+,18-16+;. The van der Waals surface area contributed by atoms with Crippen molar-refractivity contribution in [3.63, 3.8) is 0 Å². The summed E-state index contributed by atoms with van der Waals surface area (Å²) in [7, 11) is 13.8. The minimum atomic E-state index is -4.84. The summed E-state index contributed by atoms with van der Waals surface area (Å²) in [4.78, 5) is 9.28. The van der Waals surface area contributed by atoms with Crippen molar-refractivity contribution in [3.8, 4) is 5.75 Å². The zero-order valence-electron chi connectivity index (χ0n) is 64.1. The minimum Gasteiger partial charge on any atom is -0.744 e. The number of hydrogen-bond donors (Lipinski definition) is 1. The van der Waals surface area contributed by atoms with Gasteiger partial charge in [0.1, 0.15) is 68.0 Å². The molecule has 2 aliphatic heterocycles. The molecule has 2 heterocycles. The minimum absolute atomic E-state index is 0.110. The lowest BCUT2D eigenvalue weighted by Crippen LogP contribution is -3.09. The van der Waals surface area contributed by atoms with Gasteiger partial charge < -0.3 is 38.2 Å². The summed E-state index contributed by atoms with van der Waals surface area (Å²) in [6.45, 7) is 9.46. The van der Waals surface area contributed by atoms with Crippen molar-refractivity contribution in [1.82, 2.24) is 4.90 Å². The second-order valence-electron chi connectivity index (χ2n) is 29.9. The summed E-state index contributed by atoms with van der Waals surface area (Å²) in [6, 6.07) is 45.9. The van der Waals surface area contributed by atoms with Crippen LogP contribution in [0.2, 0.25) is 26.2 Å². The molecule has 3 aliphatic carbocycles. The number of rotatable bonds is 16. The molecule has 12 rings (SSSR count). The Morgan fingerprint density at radius 1 is 0.519 bits per heavy atom. The molecule has 0 bridgehead atoms. The first-order valence-corrected chi connectivity index (χ1v) is 44.4. The van der Waals surface area contributed by atoms with Crippen LogP contribution in [-0.2, 0) is 25.0 Å². The Labute approximate surface area is 629 Å². The molecule has 548 valence electrons. The molecule has 3 unspecified atom stereocenters. The van der Waals surface area contributed by atoms with Crippen molar-refractivity contribution < 1.29 is 44.9 Å². The van der Waals surface area contributed by atoms with Crippen LogP contribution in [0.15, 0.2) is 237 Å². The molecule has 0 amide bonds. The summed E-state index contributed by atoms with van der Waals surface area (Å²) in [5, 5.41) is 8.08. The molecular formula is C88H98N6O8S2Si2. The average Bonchev–Trinajstić information content (AvgIpc) is 0.721. The van der Waals surface area contributed by atoms with Gasteiger partial charge in [0.25, 0.3) is 0 Å². The number of quaternary nitrogens is 1. The molecule has 14 nitrogen and oxygen atoms in total. The quantitative estimate of drug-likeness (QED) is 0.0323. The van der Waals surface area contributed by atoms with Gasteiger partial charge in [-0.2, -0.15) is 0 Å². The van der Waals surface area contributed by atoms with E-state index in [1.165, 1.54) is 37.8 Å². The van der Waals surface area contributed by atoms with Gasteiger partial charge in [-0.15, -0.1) is 0 Å². The summed E-state index contributed by atoms with van der Waals surface area (Å²) in [6.07, 6.45) is 35.3. The third kappa shape index (κ3) is 16.6. The van der Waals surface area contributed by atoms with Gasteiger partial charge in [0.15, 0.2) is 0 Å². The van der Waals surface area contributed by atoms with Crippen LogP contribution < -0.4 is 55.6 Å². The highest BCUT2D eigenvalue weighted by atomic mass is 32.2. The number of allylic oxidation sites excluding steroid dienone is 10. The normalized spacial score (nSPS) is 18.4. The van der Waals surface area contributed by atoms with Crippen molar-refractivity contribution in [2.45, 2.75) is 48.1 Å². The SMILES string of the molecule is COC1=CC(=[N+](C)C)C=C/C1=C\C=c1ccc(=C/C=c2/ccc(=C3c4ccc(N(C)C)cc4[Si](C)(C)c4cc(N(C)C)ccc43)c(S(=O)(=O)[O-])c2)cc1.COc1cc(N(C)C)ccc1/C=C/c1ccc(/C=C/c2ccc(C3=C4C=CC([NH+](C)C)C=C4[Si](C)(C)C4=CC(N(C)C)C=CC43)c(S(=O)(=O)[O-])c2)cc1. The Hall–Kier alpha value is -9.74. The zero-order valence-corrected chi connectivity index (χ0v) is 67.8. The largest absolute Gasteiger partial charge is 0.744 e. The Morgan fingerprint density at radius 2 is 1.05 bits per heavy atom. The second kappa shape index (κ2) is 31.4. The third-order valence-electron chi connectivity index (χ3n) is 20.8. The maximum Gasteiger partial charge on any atom is 0.203 e. The highest BCUT2D eigenvalue weighted by Crippen LogP contribution is 2.52. The van der Waals surface area contributed by atoms with Crippen LogP contribution in [0.5, 0.6) is 5.75 Å². The van der Waals surface area contributed by atoms with Crippen molar-refractivity contribution in [1.29, 1.82) is 0 Å². The van der Waals surface area contributed by atoms with E-state index in [-0.39, 0.29) is 27.8 Å². The Kier molecular flexibility index (Phi) is 22.9. The van der Waals surface area contributed by atoms with Gasteiger partial charge >= 0.3 is 0 Å². The number of anilines is 3. The van der Waals surface area contributed by atoms with E-state index in [4.69, 9.17) is 9.47 Å². The fourth-order valence-electron chi connectivity index (χ4n) is 14.5. The lowest BCUT2D eigenvalue weighted by atomic mass is 9.82. The predicted molar refractivity (Wildman–Crippen MR) is 445 cm³/mol. The van der Waals surface area contributed by atoms with E-state index in [0.717, 1.165) is 94.8 Å². The van der Waals surface area contributed by atoms with Crippen molar-refractivity contribution in [2.24, 2.45) is 5.92 Å². The lowest BCUT2D eigenvalue weighted by Gasteiger charge is -2.45. The van der Waals surface area contributed by atoms with Crippen LogP contribution in [0, 0.1) is 5.92 Å². The van der Waals surface area contributed by atoms with Gasteiger partial charge in [-0.05, 0) is 162 Å². The number of hydrogen-bond acceptors (Lipinski definition) is 12. The number of ether oxygens (including phenoxy) is 2. The van der Waals surface area contributed by atoms with E-state index in [2.05, 4.69) is 154 Å². The van der Waals surface area contributed by atoms with Crippen molar-refractivity contribution in [3.05, 3.63) is 287 Å². The first-order valence-electron chi connectivity index (χ1n) is 35.5. The summed E-state index contributed by atoms with van der Waals surface area (Å²) in [5.74, 6) is 1.50. The molecule has 0 aromatic heterocycles. The molecule has 0 saturated carbocycles. The first-order chi connectivity index (χ1) is 50.2. The summed E-state index contributed by atoms with van der Waals surface area (Å²) in [5.41, 5.74) is 14.0. The highest BCUT2D eigenvalue weighted by molar-refractivity contribution is 7.86. The molecule has 18 heteroatoms. The van der Waals surface area contributed by atoms with E-state index in [9.17, 15) is 25.9 Å². The van der Waals surface area contributed by atoms with E-state index < -0.39 is 36.4 Å². The number of nitrogens with zero attached hydrogens (tertiary/aromatic N) is 5. The topological polar surface area (TPSA) is 153 Å². The summed E-state index contributed by atoms with van der Waals surface area (Å²) < 4.78 is 91.5. The monoisotopic (exact) mass is 1490 g/mol. The molecule has 0 radical (unpaired) electrons. The van der Waals surface area contributed by atoms with Crippen molar-refractivity contribution in [2.75, 3.05) is 113 Å². The van der Waals surface area contributed by atoms with Crippen LogP contribution in [0.1, 0.15) is 38.9 Å².